The molecule has 1 atom stereocenters. The third-order valence-electron chi connectivity index (χ3n) is 4.87. The van der Waals surface area contributed by atoms with Crippen LogP contribution < -0.4 is 0 Å². The second-order valence-electron chi connectivity index (χ2n) is 6.82. The summed E-state index contributed by atoms with van der Waals surface area (Å²) in [5, 5.41) is 16.7. The Morgan fingerprint density at radius 2 is 1.83 bits per heavy atom. The molecule has 0 saturated carbocycles. The van der Waals surface area contributed by atoms with Crippen molar-refractivity contribution < 1.29 is 24.6 Å². The topological polar surface area (TPSA) is 114 Å². The molecule has 0 bridgehead atoms. The van der Waals surface area contributed by atoms with Gasteiger partial charge in [-0.05, 0) is 18.9 Å². The maximum atomic E-state index is 12.9. The Kier molecular flexibility index (Phi) is 5.92. The van der Waals surface area contributed by atoms with Gasteiger partial charge < -0.3 is 19.3 Å². The van der Waals surface area contributed by atoms with E-state index in [1.807, 2.05) is 48.5 Å². The smallest absolute Gasteiger partial charge is 0.328 e. The van der Waals surface area contributed by atoms with Crippen LogP contribution in [0, 0.1) is 5.92 Å². The summed E-state index contributed by atoms with van der Waals surface area (Å²) < 4.78 is 4.14. The number of rotatable bonds is 4. The number of fused-ring (bicyclic) bond motifs is 2. The van der Waals surface area contributed by atoms with E-state index in [2.05, 4.69) is 15.6 Å². The van der Waals surface area contributed by atoms with Gasteiger partial charge in [-0.25, -0.2) is 14.6 Å². The van der Waals surface area contributed by atoms with Crippen LogP contribution in [0.2, 0.25) is 0 Å². The first-order valence-corrected chi connectivity index (χ1v) is 9.08. The molecule has 29 heavy (non-hydrogen) atoms. The van der Waals surface area contributed by atoms with E-state index in [4.69, 9.17) is 10.2 Å². The van der Waals surface area contributed by atoms with Gasteiger partial charge in [0.05, 0.1) is 6.33 Å². The molecule has 150 valence electrons. The molecule has 1 aliphatic rings. The van der Waals surface area contributed by atoms with Gasteiger partial charge in [0.1, 0.15) is 0 Å². The second kappa shape index (κ2) is 8.55. The Labute approximate surface area is 166 Å². The number of imidazole rings is 1. The van der Waals surface area contributed by atoms with E-state index in [0.717, 1.165) is 35.9 Å². The number of benzene rings is 1. The van der Waals surface area contributed by atoms with Gasteiger partial charge >= 0.3 is 11.9 Å². The van der Waals surface area contributed by atoms with E-state index < -0.39 is 11.9 Å². The van der Waals surface area contributed by atoms with E-state index >= 15 is 0 Å². The van der Waals surface area contributed by atoms with Crippen LogP contribution >= 0.6 is 0 Å². The SMILES string of the molecule is Cn1cc(C(=O)C2CCc3cncn3C2)c2ccccc21.O=C(O)/C=C/C(=O)O. The summed E-state index contributed by atoms with van der Waals surface area (Å²) in [5.41, 5.74) is 3.19. The fourth-order valence-electron chi connectivity index (χ4n) is 3.49. The molecule has 4 rings (SSSR count). The number of nitrogens with zero attached hydrogens (tertiary/aromatic N) is 3. The first-order valence-electron chi connectivity index (χ1n) is 9.08. The number of carbonyl (C=O) groups excluding carboxylic acids is 1. The molecule has 3 aromatic rings. The van der Waals surface area contributed by atoms with Crippen LogP contribution in [0.3, 0.4) is 0 Å². The summed E-state index contributed by atoms with van der Waals surface area (Å²) in [6, 6.07) is 8.10. The van der Waals surface area contributed by atoms with Crippen LogP contribution in [-0.2, 0) is 29.6 Å². The number of aryl methyl sites for hydroxylation is 2. The molecule has 0 fully saturated rings. The van der Waals surface area contributed by atoms with E-state index in [1.165, 1.54) is 5.69 Å². The number of aromatic nitrogens is 3. The Balaban J connectivity index is 0.000000258. The minimum Gasteiger partial charge on any atom is -0.478 e. The van der Waals surface area contributed by atoms with Crippen LogP contribution in [-0.4, -0.2) is 42.1 Å². The largest absolute Gasteiger partial charge is 0.478 e. The van der Waals surface area contributed by atoms with Crippen molar-refractivity contribution in [2.75, 3.05) is 0 Å². The van der Waals surface area contributed by atoms with E-state index in [9.17, 15) is 14.4 Å². The van der Waals surface area contributed by atoms with Gasteiger partial charge in [-0.15, -0.1) is 0 Å². The van der Waals surface area contributed by atoms with Gasteiger partial charge in [-0.1, -0.05) is 18.2 Å². The monoisotopic (exact) mass is 395 g/mol. The van der Waals surface area contributed by atoms with Crippen LogP contribution in [0.15, 0.2) is 55.1 Å². The predicted molar refractivity (Wildman–Crippen MR) is 106 cm³/mol. The normalized spacial score (nSPS) is 15.6. The minimum atomic E-state index is -1.26. The molecule has 3 heterocycles. The van der Waals surface area contributed by atoms with Gasteiger partial charge in [-0.3, -0.25) is 4.79 Å². The molecule has 0 saturated heterocycles. The number of hydrogen-bond acceptors (Lipinski definition) is 4. The zero-order valence-electron chi connectivity index (χ0n) is 15.9. The quantitative estimate of drug-likeness (QED) is 0.518. The fraction of sp³-hybridized carbons (Fsp3) is 0.238. The van der Waals surface area contributed by atoms with Crippen LogP contribution in [0.4, 0.5) is 0 Å². The van der Waals surface area contributed by atoms with Gasteiger partial charge in [0, 0.05) is 66.2 Å². The molecule has 0 spiro atoms. The first-order chi connectivity index (χ1) is 13.9. The maximum Gasteiger partial charge on any atom is 0.328 e. The molecular weight excluding hydrogens is 374 g/mol. The van der Waals surface area contributed by atoms with Crippen molar-refractivity contribution in [2.24, 2.45) is 13.0 Å². The summed E-state index contributed by atoms with van der Waals surface area (Å²) in [6.07, 6.45) is 8.66. The third-order valence-corrected chi connectivity index (χ3v) is 4.87. The van der Waals surface area contributed by atoms with Gasteiger partial charge in [0.25, 0.3) is 0 Å². The lowest BCUT2D eigenvalue weighted by Gasteiger charge is -2.22. The van der Waals surface area contributed by atoms with Gasteiger partial charge in [0.15, 0.2) is 5.78 Å². The molecule has 0 radical (unpaired) electrons. The number of carboxylic acid groups (broad SMARTS) is 2. The first kappa shape index (κ1) is 20.1. The average molecular weight is 395 g/mol. The van der Waals surface area contributed by atoms with Crippen LogP contribution in [0.25, 0.3) is 10.9 Å². The van der Waals surface area contributed by atoms with Crippen LogP contribution in [0.1, 0.15) is 22.5 Å². The number of carbonyl (C=O) groups is 3. The second-order valence-corrected chi connectivity index (χ2v) is 6.82. The van der Waals surface area contributed by atoms with Gasteiger partial charge in [0.2, 0.25) is 0 Å². The number of Topliss-reactive ketones (excluding diaryl/α,β-unsaturated/α-hetero) is 1. The van der Waals surface area contributed by atoms with Crippen molar-refractivity contribution in [3.63, 3.8) is 0 Å². The number of hydrogen-bond donors (Lipinski definition) is 2. The van der Waals surface area contributed by atoms with E-state index in [-0.39, 0.29) is 11.7 Å². The summed E-state index contributed by atoms with van der Waals surface area (Å²) in [5.74, 6) is -2.21. The standard InChI is InChI=1S/C17H17N3O.C4H4O4/c1-19-10-15(14-4-2-3-5-16(14)19)17(21)12-6-7-13-8-18-11-20(13)9-12;5-3(6)1-2-4(7)8/h2-5,8,10-12H,6-7,9H2,1H3;1-2H,(H,5,6)(H,7,8)/b;2-1+. The highest BCUT2D eigenvalue weighted by Crippen LogP contribution is 2.27. The zero-order valence-corrected chi connectivity index (χ0v) is 15.9. The van der Waals surface area contributed by atoms with E-state index in [0.29, 0.717) is 12.2 Å². The minimum absolute atomic E-state index is 0.0532. The van der Waals surface area contributed by atoms with Crippen molar-refractivity contribution in [2.45, 2.75) is 19.4 Å². The number of para-hydroxylation sites is 1. The Morgan fingerprint density at radius 3 is 2.52 bits per heavy atom. The number of ketones is 1. The summed E-state index contributed by atoms with van der Waals surface area (Å²) in [4.78, 5) is 36.2. The molecule has 8 nitrogen and oxygen atoms in total. The highest BCUT2D eigenvalue weighted by Gasteiger charge is 2.27. The predicted octanol–water partition coefficient (Wildman–Crippen LogP) is 2.53. The molecule has 1 unspecified atom stereocenters. The van der Waals surface area contributed by atoms with Gasteiger partial charge in [-0.2, -0.15) is 0 Å². The lowest BCUT2D eigenvalue weighted by molar-refractivity contribution is -0.134. The van der Waals surface area contributed by atoms with E-state index in [1.54, 1.807) is 0 Å². The Morgan fingerprint density at radius 1 is 1.14 bits per heavy atom. The van der Waals surface area contributed by atoms with Crippen LogP contribution in [0.5, 0.6) is 0 Å². The van der Waals surface area contributed by atoms with Crippen molar-refractivity contribution in [3.8, 4) is 0 Å². The highest BCUT2D eigenvalue weighted by atomic mass is 16.4. The third kappa shape index (κ3) is 4.60. The molecule has 1 aromatic carbocycles. The fourth-order valence-corrected chi connectivity index (χ4v) is 3.49. The average Bonchev–Trinajstić information content (AvgIpc) is 3.30. The molecule has 0 amide bonds. The molecule has 8 heteroatoms. The van der Waals surface area contributed by atoms with Crippen molar-refractivity contribution in [3.05, 3.63) is 66.4 Å². The number of carboxylic acids is 2. The Hall–Kier alpha value is -3.68. The van der Waals surface area contributed by atoms with Crippen molar-refractivity contribution >= 4 is 28.6 Å². The van der Waals surface area contributed by atoms with Crippen molar-refractivity contribution in [1.29, 1.82) is 0 Å². The lowest BCUT2D eigenvalue weighted by atomic mass is 9.90. The lowest BCUT2D eigenvalue weighted by Crippen LogP contribution is -2.26. The molecule has 2 N–H and O–H groups in total. The zero-order chi connectivity index (χ0) is 21.0. The summed E-state index contributed by atoms with van der Waals surface area (Å²) >= 11 is 0. The summed E-state index contributed by atoms with van der Waals surface area (Å²) in [6.45, 7) is 0.747. The molecule has 2 aromatic heterocycles. The summed E-state index contributed by atoms with van der Waals surface area (Å²) in [7, 11) is 1.99. The van der Waals surface area contributed by atoms with Crippen molar-refractivity contribution in [1.82, 2.24) is 14.1 Å². The molecule has 0 aliphatic carbocycles. The highest BCUT2D eigenvalue weighted by molar-refractivity contribution is 6.09. The number of aliphatic carboxylic acids is 2. The maximum absolute atomic E-state index is 12.9. The Bertz CT molecular complexity index is 1080. The molecular formula is C21H21N3O5. The molecule has 1 aliphatic heterocycles.